The number of ether oxygens (including phenoxy) is 1. The average molecular weight is 342 g/mol. The van der Waals surface area contributed by atoms with E-state index in [1.807, 2.05) is 0 Å². The summed E-state index contributed by atoms with van der Waals surface area (Å²) in [6, 6.07) is 0.702. The second-order valence-corrected chi connectivity index (χ2v) is 9.65. The van der Waals surface area contributed by atoms with Gasteiger partial charge in [0.2, 0.25) is 0 Å². The molecule has 1 aliphatic heterocycles. The molecule has 4 aliphatic carbocycles. The van der Waals surface area contributed by atoms with Crippen LogP contribution in [0.4, 0.5) is 0 Å². The molecule has 136 valence electrons. The van der Waals surface area contributed by atoms with Gasteiger partial charge < -0.3 is 14.6 Å². The van der Waals surface area contributed by atoms with Crippen molar-refractivity contribution in [3.8, 4) is 0 Å². The maximum Gasteiger partial charge on any atom is 0.145 e. The van der Waals surface area contributed by atoms with Crippen molar-refractivity contribution < 1.29 is 9.26 Å². The van der Waals surface area contributed by atoms with Crippen LogP contribution in [-0.4, -0.2) is 23.8 Å². The van der Waals surface area contributed by atoms with Gasteiger partial charge in [-0.2, -0.15) is 0 Å². The molecule has 4 heteroatoms. The van der Waals surface area contributed by atoms with Gasteiger partial charge in [-0.3, -0.25) is 0 Å². The molecule has 1 saturated heterocycles. The monoisotopic (exact) mass is 342 g/mol. The summed E-state index contributed by atoms with van der Waals surface area (Å²) in [7, 11) is 0. The summed E-state index contributed by atoms with van der Waals surface area (Å²) in [5.74, 6) is 3.13. The van der Waals surface area contributed by atoms with E-state index < -0.39 is 0 Å². The Kier molecular flexibility index (Phi) is 3.38. The zero-order chi connectivity index (χ0) is 16.4. The minimum atomic E-state index is 0.446. The Morgan fingerprint density at radius 2 is 1.88 bits per heavy atom. The number of nitrogens with one attached hydrogen (secondary N) is 1. The number of nitrogens with zero attached hydrogens (tertiary/aromatic N) is 1. The van der Waals surface area contributed by atoms with Crippen LogP contribution in [0.3, 0.4) is 0 Å². The minimum absolute atomic E-state index is 0.446. The minimum Gasteiger partial charge on any atom is -0.373 e. The van der Waals surface area contributed by atoms with Gasteiger partial charge in [0.1, 0.15) is 5.76 Å². The molecule has 25 heavy (non-hydrogen) atoms. The molecular formula is C21H30N2O2. The van der Waals surface area contributed by atoms with E-state index in [1.165, 1.54) is 81.2 Å². The number of hydrogen-bond donors (Lipinski definition) is 1. The van der Waals surface area contributed by atoms with Crippen LogP contribution in [-0.2, 0) is 11.3 Å². The molecule has 3 atom stereocenters. The molecule has 5 aliphatic rings. The third-order valence-electron chi connectivity index (χ3n) is 7.93. The van der Waals surface area contributed by atoms with Crippen LogP contribution in [0, 0.1) is 11.3 Å². The van der Waals surface area contributed by atoms with E-state index in [4.69, 9.17) is 9.26 Å². The first-order chi connectivity index (χ1) is 12.3. The summed E-state index contributed by atoms with van der Waals surface area (Å²) in [6.07, 6.45) is 13.9. The van der Waals surface area contributed by atoms with Gasteiger partial charge in [0.25, 0.3) is 0 Å². The van der Waals surface area contributed by atoms with Gasteiger partial charge in [0.15, 0.2) is 0 Å². The molecule has 0 amide bonds. The van der Waals surface area contributed by atoms with Crippen molar-refractivity contribution in [1.82, 2.24) is 10.5 Å². The topological polar surface area (TPSA) is 47.3 Å². The first-order valence-electron chi connectivity index (χ1n) is 10.6. The molecule has 0 unspecified atom stereocenters. The van der Waals surface area contributed by atoms with Gasteiger partial charge in [0, 0.05) is 30.0 Å². The van der Waals surface area contributed by atoms with E-state index in [-0.39, 0.29) is 0 Å². The molecule has 6 rings (SSSR count). The molecule has 4 nitrogen and oxygen atoms in total. The molecule has 4 saturated carbocycles. The standard InChI is InChI=1S/C21H30N2O2/c1-2-14(1)20-17(12-24-18-10-16-9-15(18)11-22-16)19(23-25-20)13-3-5-21(6-4-13)7-8-21/h13-16,18,22H,1-12H2/t15-,16-,18+/m0/s1. The van der Waals surface area contributed by atoms with Gasteiger partial charge in [-0.1, -0.05) is 5.16 Å². The largest absolute Gasteiger partial charge is 0.373 e. The third-order valence-corrected chi connectivity index (χ3v) is 7.93. The Labute approximate surface area is 150 Å². The van der Waals surface area contributed by atoms with E-state index in [2.05, 4.69) is 10.5 Å². The highest BCUT2D eigenvalue weighted by atomic mass is 16.5. The SMILES string of the molecule is C(O[C@@H]1C[C@@H]2C[C@H]1CN2)c1c(C2CCC3(CC2)CC3)noc1C1CC1. The quantitative estimate of drug-likeness (QED) is 0.869. The van der Waals surface area contributed by atoms with Crippen LogP contribution in [0.15, 0.2) is 4.52 Å². The van der Waals surface area contributed by atoms with Crippen LogP contribution < -0.4 is 5.32 Å². The number of rotatable bonds is 5. The van der Waals surface area contributed by atoms with Crippen molar-refractivity contribution in [2.45, 2.75) is 94.8 Å². The van der Waals surface area contributed by atoms with Crippen LogP contribution >= 0.6 is 0 Å². The maximum absolute atomic E-state index is 6.44. The second-order valence-electron chi connectivity index (χ2n) is 9.65. The van der Waals surface area contributed by atoms with E-state index >= 15 is 0 Å². The highest BCUT2D eigenvalue weighted by Gasteiger charge is 2.46. The fourth-order valence-electron chi connectivity index (χ4n) is 5.83. The van der Waals surface area contributed by atoms with Crippen LogP contribution in [0.5, 0.6) is 0 Å². The van der Waals surface area contributed by atoms with Gasteiger partial charge in [-0.25, -0.2) is 0 Å². The summed E-state index contributed by atoms with van der Waals surface area (Å²) in [6.45, 7) is 1.88. The normalized spacial score (nSPS) is 36.4. The summed E-state index contributed by atoms with van der Waals surface area (Å²) in [5.41, 5.74) is 3.35. The number of aromatic nitrogens is 1. The zero-order valence-electron chi connectivity index (χ0n) is 15.1. The van der Waals surface area contributed by atoms with Crippen molar-refractivity contribution in [1.29, 1.82) is 0 Å². The molecule has 1 aromatic heterocycles. The molecule has 1 N–H and O–H groups in total. The van der Waals surface area contributed by atoms with E-state index in [9.17, 15) is 0 Å². The van der Waals surface area contributed by atoms with E-state index in [1.54, 1.807) is 0 Å². The lowest BCUT2D eigenvalue weighted by atomic mass is 9.77. The third kappa shape index (κ3) is 2.68. The Bertz CT molecular complexity index is 651. The summed E-state index contributed by atoms with van der Waals surface area (Å²) in [5, 5.41) is 8.18. The van der Waals surface area contributed by atoms with Gasteiger partial charge in [-0.05, 0) is 75.5 Å². The fourth-order valence-corrected chi connectivity index (χ4v) is 5.83. The lowest BCUT2D eigenvalue weighted by Crippen LogP contribution is -2.34. The number of piperidine rings is 1. The first-order valence-corrected chi connectivity index (χ1v) is 10.6. The van der Waals surface area contributed by atoms with Crippen molar-refractivity contribution >= 4 is 0 Å². The summed E-state index contributed by atoms with van der Waals surface area (Å²) < 4.78 is 12.3. The predicted molar refractivity (Wildman–Crippen MR) is 94.4 cm³/mol. The Balaban J connectivity index is 1.19. The number of hydrogen-bond acceptors (Lipinski definition) is 4. The molecule has 1 aromatic rings. The Morgan fingerprint density at radius 3 is 2.52 bits per heavy atom. The molecule has 5 fully saturated rings. The molecular weight excluding hydrogens is 312 g/mol. The highest BCUT2D eigenvalue weighted by molar-refractivity contribution is 5.31. The van der Waals surface area contributed by atoms with Crippen molar-refractivity contribution in [3.63, 3.8) is 0 Å². The summed E-state index contributed by atoms with van der Waals surface area (Å²) in [4.78, 5) is 0. The van der Waals surface area contributed by atoms with E-state index in [0.717, 1.165) is 24.5 Å². The molecule has 0 aromatic carbocycles. The highest BCUT2D eigenvalue weighted by Crippen LogP contribution is 2.59. The Morgan fingerprint density at radius 1 is 1.04 bits per heavy atom. The first kappa shape index (κ1) is 15.2. The predicted octanol–water partition coefficient (Wildman–Crippen LogP) is 4.26. The van der Waals surface area contributed by atoms with Gasteiger partial charge >= 0.3 is 0 Å². The zero-order valence-corrected chi connectivity index (χ0v) is 15.1. The Hall–Kier alpha value is -0.870. The molecule has 2 heterocycles. The van der Waals surface area contributed by atoms with Crippen molar-refractivity contribution in [3.05, 3.63) is 17.0 Å². The molecule has 2 bridgehead atoms. The summed E-state index contributed by atoms with van der Waals surface area (Å²) >= 11 is 0. The maximum atomic E-state index is 6.44. The van der Waals surface area contributed by atoms with Gasteiger partial charge in [0.05, 0.1) is 18.4 Å². The van der Waals surface area contributed by atoms with Gasteiger partial charge in [-0.15, -0.1) is 0 Å². The average Bonchev–Trinajstić information content (AvgIpc) is 3.48. The van der Waals surface area contributed by atoms with Crippen LogP contribution in [0.2, 0.25) is 0 Å². The second kappa shape index (κ2) is 5.56. The van der Waals surface area contributed by atoms with Crippen molar-refractivity contribution in [2.75, 3.05) is 6.54 Å². The smallest absolute Gasteiger partial charge is 0.145 e. The fraction of sp³-hybridized carbons (Fsp3) is 0.857. The number of fused-ring (bicyclic) bond motifs is 2. The lowest BCUT2D eigenvalue weighted by Gasteiger charge is -2.28. The lowest BCUT2D eigenvalue weighted by molar-refractivity contribution is 0.00849. The van der Waals surface area contributed by atoms with Crippen LogP contribution in [0.1, 0.15) is 93.1 Å². The molecule has 1 spiro atoms. The van der Waals surface area contributed by atoms with Crippen molar-refractivity contribution in [2.24, 2.45) is 11.3 Å². The molecule has 0 radical (unpaired) electrons. The van der Waals surface area contributed by atoms with Crippen LogP contribution in [0.25, 0.3) is 0 Å². The van der Waals surface area contributed by atoms with E-state index in [0.29, 0.717) is 24.0 Å².